The molecule has 0 atom stereocenters. The van der Waals surface area contributed by atoms with E-state index in [1.165, 1.54) is 6.20 Å². The third-order valence-electron chi connectivity index (χ3n) is 5.71. The van der Waals surface area contributed by atoms with Crippen LogP contribution in [0, 0.1) is 6.92 Å². The molecule has 4 heterocycles. The van der Waals surface area contributed by atoms with Gasteiger partial charge in [0.2, 0.25) is 5.88 Å². The number of anilines is 1. The van der Waals surface area contributed by atoms with E-state index in [-0.39, 0.29) is 19.2 Å². The standard InChI is InChI=1S/C23H24F4N6O2S/c1-14-21(18(36-32-14)10-16-12-29-19(13-28-16)23(25,26)27)22(34)31-15-2-3-20(30-11-15)35-17-4-7-33(8-5-17)9-6-24/h2-3,11-13,17H,4-10H2,1H3,(H,31,34). The molecule has 1 fully saturated rings. The van der Waals surface area contributed by atoms with Crippen LogP contribution in [0.3, 0.4) is 0 Å². The molecule has 0 spiro atoms. The first-order valence-corrected chi connectivity index (χ1v) is 12.1. The zero-order valence-electron chi connectivity index (χ0n) is 19.4. The molecule has 3 aromatic rings. The van der Waals surface area contributed by atoms with Crippen molar-refractivity contribution < 1.29 is 27.1 Å². The Morgan fingerprint density at radius 3 is 2.56 bits per heavy atom. The first-order chi connectivity index (χ1) is 17.2. The lowest BCUT2D eigenvalue weighted by molar-refractivity contribution is -0.141. The number of nitrogens with zero attached hydrogens (tertiary/aromatic N) is 5. The van der Waals surface area contributed by atoms with E-state index in [0.717, 1.165) is 43.7 Å². The van der Waals surface area contributed by atoms with E-state index in [1.807, 2.05) is 0 Å². The molecule has 0 aliphatic carbocycles. The van der Waals surface area contributed by atoms with Gasteiger partial charge in [-0.2, -0.15) is 17.5 Å². The summed E-state index contributed by atoms with van der Waals surface area (Å²) in [7, 11) is 0. The van der Waals surface area contributed by atoms with Crippen molar-refractivity contribution in [1.29, 1.82) is 0 Å². The molecule has 1 saturated heterocycles. The van der Waals surface area contributed by atoms with Crippen LogP contribution in [0.1, 0.15) is 45.2 Å². The first kappa shape index (κ1) is 25.9. The van der Waals surface area contributed by atoms with Crippen molar-refractivity contribution in [3.8, 4) is 5.88 Å². The lowest BCUT2D eigenvalue weighted by atomic mass is 10.1. The number of aromatic nitrogens is 4. The second-order valence-electron chi connectivity index (χ2n) is 8.32. The largest absolute Gasteiger partial charge is 0.474 e. The Bertz CT molecular complexity index is 1160. The number of ether oxygens (including phenoxy) is 1. The van der Waals surface area contributed by atoms with Crippen LogP contribution in [-0.4, -0.2) is 62.5 Å². The Morgan fingerprint density at radius 1 is 1.17 bits per heavy atom. The van der Waals surface area contributed by atoms with Gasteiger partial charge in [0.25, 0.3) is 5.91 Å². The van der Waals surface area contributed by atoms with Crippen LogP contribution in [0.4, 0.5) is 23.2 Å². The van der Waals surface area contributed by atoms with Gasteiger partial charge >= 0.3 is 6.18 Å². The minimum Gasteiger partial charge on any atom is -0.474 e. The van der Waals surface area contributed by atoms with Gasteiger partial charge in [-0.05, 0) is 37.4 Å². The SMILES string of the molecule is Cc1nsc(Cc2cnc(C(F)(F)F)cn2)c1C(=O)Nc1ccc(OC2CCN(CCF)CC2)nc1. The van der Waals surface area contributed by atoms with Crippen LogP contribution in [0.5, 0.6) is 5.88 Å². The van der Waals surface area contributed by atoms with Crippen LogP contribution >= 0.6 is 11.5 Å². The van der Waals surface area contributed by atoms with E-state index in [0.29, 0.717) is 46.1 Å². The average molecular weight is 525 g/mol. The summed E-state index contributed by atoms with van der Waals surface area (Å²) < 4.78 is 60.8. The molecule has 4 rings (SSSR count). The van der Waals surface area contributed by atoms with Gasteiger partial charge in [0.1, 0.15) is 12.8 Å². The monoisotopic (exact) mass is 524 g/mol. The van der Waals surface area contributed by atoms with Crippen LogP contribution in [0.15, 0.2) is 30.7 Å². The molecule has 36 heavy (non-hydrogen) atoms. The third-order valence-corrected chi connectivity index (χ3v) is 6.65. The molecule has 0 unspecified atom stereocenters. The number of nitrogens with one attached hydrogen (secondary N) is 1. The van der Waals surface area contributed by atoms with E-state index >= 15 is 0 Å². The topological polar surface area (TPSA) is 93.1 Å². The quantitative estimate of drug-likeness (QED) is 0.439. The van der Waals surface area contributed by atoms with Crippen LogP contribution in [0.2, 0.25) is 0 Å². The van der Waals surface area contributed by atoms with Gasteiger partial charge in [0.05, 0.1) is 35.0 Å². The van der Waals surface area contributed by atoms with Gasteiger partial charge in [0, 0.05) is 43.2 Å². The summed E-state index contributed by atoms with van der Waals surface area (Å²) in [6, 6.07) is 3.34. The molecule has 3 aromatic heterocycles. The molecule has 0 saturated carbocycles. The molecule has 1 amide bonds. The molecule has 0 bridgehead atoms. The van der Waals surface area contributed by atoms with E-state index in [9.17, 15) is 22.4 Å². The number of amides is 1. The fraction of sp³-hybridized carbons (Fsp3) is 0.435. The molecule has 0 radical (unpaired) electrons. The predicted molar refractivity (Wildman–Crippen MR) is 125 cm³/mol. The smallest absolute Gasteiger partial charge is 0.434 e. The van der Waals surface area contributed by atoms with Gasteiger partial charge in [-0.15, -0.1) is 0 Å². The minimum absolute atomic E-state index is 0.00388. The summed E-state index contributed by atoms with van der Waals surface area (Å²) in [4.78, 5) is 27.1. The van der Waals surface area contributed by atoms with Gasteiger partial charge in [-0.25, -0.2) is 14.4 Å². The summed E-state index contributed by atoms with van der Waals surface area (Å²) in [6.07, 6.45) is 0.340. The van der Waals surface area contributed by atoms with Crippen molar-refractivity contribution in [2.24, 2.45) is 0 Å². The second kappa shape index (κ2) is 11.2. The van der Waals surface area contributed by atoms with Gasteiger partial charge in [-0.3, -0.25) is 9.78 Å². The number of pyridine rings is 1. The van der Waals surface area contributed by atoms with E-state index < -0.39 is 17.8 Å². The van der Waals surface area contributed by atoms with Crippen molar-refractivity contribution >= 4 is 23.1 Å². The molecule has 0 aromatic carbocycles. The highest BCUT2D eigenvalue weighted by Gasteiger charge is 2.32. The molecule has 1 N–H and O–H groups in total. The number of alkyl halides is 4. The molecule has 13 heteroatoms. The normalized spacial score (nSPS) is 15.1. The Hall–Kier alpha value is -3.19. The number of hydrogen-bond donors (Lipinski definition) is 1. The van der Waals surface area contributed by atoms with Crippen LogP contribution in [0.25, 0.3) is 0 Å². The maximum atomic E-state index is 13.0. The van der Waals surface area contributed by atoms with Crippen molar-refractivity contribution in [2.75, 3.05) is 31.6 Å². The number of carbonyl (C=O) groups is 1. The Balaban J connectivity index is 1.36. The predicted octanol–water partition coefficient (Wildman–Crippen LogP) is 4.31. The number of piperidine rings is 1. The molecule has 1 aliphatic heterocycles. The zero-order chi connectivity index (χ0) is 25.7. The molecular formula is C23H24F4N6O2S. The number of hydrogen-bond acceptors (Lipinski definition) is 8. The summed E-state index contributed by atoms with van der Waals surface area (Å²) in [5, 5.41) is 2.77. The zero-order valence-corrected chi connectivity index (χ0v) is 20.2. The van der Waals surface area contributed by atoms with E-state index in [2.05, 4.69) is 29.5 Å². The lowest BCUT2D eigenvalue weighted by Gasteiger charge is -2.31. The summed E-state index contributed by atoms with van der Waals surface area (Å²) in [5.41, 5.74) is 0.503. The van der Waals surface area contributed by atoms with Crippen LogP contribution < -0.4 is 10.1 Å². The average Bonchev–Trinajstić information content (AvgIpc) is 3.21. The fourth-order valence-corrected chi connectivity index (χ4v) is 4.73. The highest BCUT2D eigenvalue weighted by molar-refractivity contribution is 7.06. The van der Waals surface area contributed by atoms with Gasteiger partial charge in [0.15, 0.2) is 5.69 Å². The Morgan fingerprint density at radius 2 is 1.94 bits per heavy atom. The molecule has 192 valence electrons. The second-order valence-corrected chi connectivity index (χ2v) is 9.18. The highest BCUT2D eigenvalue weighted by Crippen LogP contribution is 2.28. The Kier molecular flexibility index (Phi) is 8.09. The van der Waals surface area contributed by atoms with Crippen molar-refractivity contribution in [3.63, 3.8) is 0 Å². The maximum Gasteiger partial charge on any atom is 0.434 e. The van der Waals surface area contributed by atoms with Gasteiger partial charge < -0.3 is 15.0 Å². The number of rotatable bonds is 8. The number of aryl methyl sites for hydroxylation is 1. The molecule has 1 aliphatic rings. The number of halogens is 4. The Labute approximate surface area is 208 Å². The number of likely N-dealkylation sites (tertiary alicyclic amines) is 1. The summed E-state index contributed by atoms with van der Waals surface area (Å²) in [6.45, 7) is 3.32. The van der Waals surface area contributed by atoms with E-state index in [1.54, 1.807) is 19.1 Å². The van der Waals surface area contributed by atoms with Crippen molar-refractivity contribution in [3.05, 3.63) is 58.2 Å². The van der Waals surface area contributed by atoms with Gasteiger partial charge in [-0.1, -0.05) is 0 Å². The summed E-state index contributed by atoms with van der Waals surface area (Å²) >= 11 is 1.08. The highest BCUT2D eigenvalue weighted by atomic mass is 32.1. The minimum atomic E-state index is -4.57. The lowest BCUT2D eigenvalue weighted by Crippen LogP contribution is -2.39. The van der Waals surface area contributed by atoms with Crippen molar-refractivity contribution in [1.82, 2.24) is 24.2 Å². The van der Waals surface area contributed by atoms with E-state index in [4.69, 9.17) is 4.74 Å². The first-order valence-electron chi connectivity index (χ1n) is 11.3. The number of carbonyl (C=O) groups excluding carboxylic acids is 1. The molecular weight excluding hydrogens is 500 g/mol. The van der Waals surface area contributed by atoms with Crippen LogP contribution in [-0.2, 0) is 12.6 Å². The maximum absolute atomic E-state index is 13.0. The third kappa shape index (κ3) is 6.52. The summed E-state index contributed by atoms with van der Waals surface area (Å²) in [5.74, 6) is 0.0266. The van der Waals surface area contributed by atoms with Crippen molar-refractivity contribution in [2.45, 2.75) is 38.5 Å². The molecule has 8 nitrogen and oxygen atoms in total. The fourth-order valence-electron chi connectivity index (χ4n) is 3.84.